The lowest BCUT2D eigenvalue weighted by Gasteiger charge is -2.25. The van der Waals surface area contributed by atoms with E-state index in [0.717, 1.165) is 5.57 Å². The molecule has 3 nitrogen and oxygen atoms in total. The predicted octanol–water partition coefficient (Wildman–Crippen LogP) is 0.407. The Morgan fingerprint density at radius 2 is 2.46 bits per heavy atom. The maximum absolute atomic E-state index is 9.49. The van der Waals surface area contributed by atoms with Crippen LogP contribution in [0.4, 0.5) is 0 Å². The molecule has 2 atom stereocenters. The van der Waals surface area contributed by atoms with Crippen molar-refractivity contribution >= 4 is 0 Å². The topological polar surface area (TPSA) is 49.7 Å². The molecule has 1 heterocycles. The number of aliphatic hydroxyl groups excluding tert-OH is 2. The van der Waals surface area contributed by atoms with Gasteiger partial charge in [-0.1, -0.05) is 12.7 Å². The van der Waals surface area contributed by atoms with Crippen LogP contribution in [0.1, 0.15) is 0 Å². The summed E-state index contributed by atoms with van der Waals surface area (Å²) in [6.07, 6.45) is 2.16. The molecule has 72 valence electrons. The fourth-order valence-corrected chi connectivity index (χ4v) is 1.16. The van der Waals surface area contributed by atoms with Gasteiger partial charge in [0.15, 0.2) is 0 Å². The third kappa shape index (κ3) is 2.28. The van der Waals surface area contributed by atoms with Crippen molar-refractivity contribution in [2.24, 2.45) is 0 Å². The summed E-state index contributed by atoms with van der Waals surface area (Å²) in [5, 5.41) is 18.3. The van der Waals surface area contributed by atoms with Gasteiger partial charge in [-0.05, 0) is 17.2 Å². The smallest absolute Gasteiger partial charge is 0.105 e. The lowest BCUT2D eigenvalue weighted by atomic mass is 10.0. The molecule has 0 radical (unpaired) electrons. The van der Waals surface area contributed by atoms with E-state index in [1.807, 2.05) is 0 Å². The van der Waals surface area contributed by atoms with Crippen molar-refractivity contribution in [3.8, 4) is 0 Å². The van der Waals surface area contributed by atoms with Crippen LogP contribution < -0.4 is 0 Å². The third-order valence-electron chi connectivity index (χ3n) is 2.02. The number of hydrogen-bond acceptors (Lipinski definition) is 3. The standard InChI is InChI=1S/C10H14O3/c1-3-10-9(12)4-8(6-13-10)7(2)5-11/h3-4,9-12H,1-2,5-6H2/t9-,10-/m1/s1. The van der Waals surface area contributed by atoms with Crippen LogP contribution in [0.2, 0.25) is 0 Å². The van der Waals surface area contributed by atoms with Crippen LogP contribution in [0.5, 0.6) is 0 Å². The number of rotatable bonds is 3. The van der Waals surface area contributed by atoms with Crippen LogP contribution in [0.15, 0.2) is 36.5 Å². The highest BCUT2D eigenvalue weighted by Crippen LogP contribution is 2.18. The van der Waals surface area contributed by atoms with Crippen LogP contribution in [-0.2, 0) is 4.74 Å². The summed E-state index contributed by atoms with van der Waals surface area (Å²) in [6, 6.07) is 0. The zero-order chi connectivity index (χ0) is 9.84. The molecule has 0 aromatic carbocycles. The Morgan fingerprint density at radius 3 is 2.92 bits per heavy atom. The van der Waals surface area contributed by atoms with E-state index in [4.69, 9.17) is 9.84 Å². The van der Waals surface area contributed by atoms with E-state index in [1.54, 1.807) is 12.2 Å². The van der Waals surface area contributed by atoms with Crippen molar-refractivity contribution in [3.05, 3.63) is 36.5 Å². The van der Waals surface area contributed by atoms with Gasteiger partial charge in [-0.25, -0.2) is 0 Å². The van der Waals surface area contributed by atoms with Gasteiger partial charge in [0.05, 0.1) is 13.2 Å². The normalized spacial score (nSPS) is 28.0. The minimum atomic E-state index is -0.690. The van der Waals surface area contributed by atoms with Gasteiger partial charge in [0.25, 0.3) is 0 Å². The molecule has 0 saturated heterocycles. The molecule has 1 aliphatic heterocycles. The molecule has 0 amide bonds. The average Bonchev–Trinajstić information content (AvgIpc) is 2.16. The van der Waals surface area contributed by atoms with Gasteiger partial charge in [-0.2, -0.15) is 0 Å². The number of hydrogen-bond donors (Lipinski definition) is 2. The van der Waals surface area contributed by atoms with Crippen molar-refractivity contribution < 1.29 is 14.9 Å². The minimum absolute atomic E-state index is 0.110. The Labute approximate surface area is 77.7 Å². The largest absolute Gasteiger partial charge is 0.392 e. The summed E-state index contributed by atoms with van der Waals surface area (Å²) in [7, 11) is 0. The zero-order valence-corrected chi connectivity index (χ0v) is 7.44. The Bertz CT molecular complexity index is 243. The lowest BCUT2D eigenvalue weighted by Crippen LogP contribution is -2.31. The second-order valence-electron chi connectivity index (χ2n) is 2.96. The molecule has 2 N–H and O–H groups in total. The van der Waals surface area contributed by atoms with Gasteiger partial charge in [-0.15, -0.1) is 6.58 Å². The number of ether oxygens (including phenoxy) is 1. The molecule has 0 aromatic rings. The summed E-state index contributed by atoms with van der Waals surface area (Å²) in [5.41, 5.74) is 1.34. The quantitative estimate of drug-likeness (QED) is 0.621. The van der Waals surface area contributed by atoms with Crippen molar-refractivity contribution in [1.29, 1.82) is 0 Å². The van der Waals surface area contributed by atoms with Gasteiger partial charge in [0.2, 0.25) is 0 Å². The highest BCUT2D eigenvalue weighted by Gasteiger charge is 2.21. The van der Waals surface area contributed by atoms with E-state index in [9.17, 15) is 5.11 Å². The van der Waals surface area contributed by atoms with Gasteiger partial charge < -0.3 is 14.9 Å². The highest BCUT2D eigenvalue weighted by molar-refractivity contribution is 5.32. The van der Waals surface area contributed by atoms with Crippen LogP contribution in [-0.4, -0.2) is 35.6 Å². The van der Waals surface area contributed by atoms with Crippen molar-refractivity contribution in [3.63, 3.8) is 0 Å². The molecular formula is C10H14O3. The van der Waals surface area contributed by atoms with E-state index < -0.39 is 6.10 Å². The summed E-state index contributed by atoms with van der Waals surface area (Å²) < 4.78 is 5.27. The van der Waals surface area contributed by atoms with E-state index >= 15 is 0 Å². The first-order chi connectivity index (χ1) is 6.19. The van der Waals surface area contributed by atoms with E-state index in [-0.39, 0.29) is 12.7 Å². The first kappa shape index (κ1) is 10.2. The molecule has 0 aliphatic carbocycles. The molecule has 1 rings (SSSR count). The Balaban J connectivity index is 2.71. The van der Waals surface area contributed by atoms with Crippen molar-refractivity contribution in [2.75, 3.05) is 13.2 Å². The SMILES string of the molecule is C=C[C@H]1OCC(C(=C)CO)=C[C@H]1O. The van der Waals surface area contributed by atoms with E-state index in [1.165, 1.54) is 0 Å². The molecule has 0 fully saturated rings. The molecule has 0 saturated carbocycles. The van der Waals surface area contributed by atoms with Crippen LogP contribution in [0, 0.1) is 0 Å². The first-order valence-corrected chi connectivity index (χ1v) is 4.11. The Hall–Kier alpha value is -0.900. The van der Waals surface area contributed by atoms with E-state index in [2.05, 4.69) is 13.2 Å². The van der Waals surface area contributed by atoms with Crippen LogP contribution >= 0.6 is 0 Å². The summed E-state index contributed by atoms with van der Waals surface area (Å²) in [5.74, 6) is 0. The van der Waals surface area contributed by atoms with Gasteiger partial charge in [-0.3, -0.25) is 0 Å². The fourth-order valence-electron chi connectivity index (χ4n) is 1.16. The number of aliphatic hydroxyl groups is 2. The molecule has 0 bridgehead atoms. The van der Waals surface area contributed by atoms with Crippen LogP contribution in [0.25, 0.3) is 0 Å². The Kier molecular flexibility index (Phi) is 3.42. The minimum Gasteiger partial charge on any atom is -0.392 e. The van der Waals surface area contributed by atoms with Gasteiger partial charge in [0.1, 0.15) is 12.2 Å². The molecule has 0 aromatic heterocycles. The molecule has 0 unspecified atom stereocenters. The first-order valence-electron chi connectivity index (χ1n) is 4.11. The summed E-state index contributed by atoms with van der Waals surface area (Å²) in [6.45, 7) is 7.44. The summed E-state index contributed by atoms with van der Waals surface area (Å²) in [4.78, 5) is 0. The third-order valence-corrected chi connectivity index (χ3v) is 2.02. The molecule has 1 aliphatic rings. The highest BCUT2D eigenvalue weighted by atomic mass is 16.5. The lowest BCUT2D eigenvalue weighted by molar-refractivity contribution is 0.00986. The monoisotopic (exact) mass is 182 g/mol. The second-order valence-corrected chi connectivity index (χ2v) is 2.96. The molecule has 13 heavy (non-hydrogen) atoms. The maximum atomic E-state index is 9.49. The Morgan fingerprint density at radius 1 is 1.77 bits per heavy atom. The molecule has 0 spiro atoms. The van der Waals surface area contributed by atoms with E-state index in [0.29, 0.717) is 12.2 Å². The molecular weight excluding hydrogens is 168 g/mol. The second kappa shape index (κ2) is 4.37. The predicted molar refractivity (Wildman–Crippen MR) is 50.3 cm³/mol. The zero-order valence-electron chi connectivity index (χ0n) is 7.44. The maximum Gasteiger partial charge on any atom is 0.105 e. The van der Waals surface area contributed by atoms with Crippen molar-refractivity contribution in [2.45, 2.75) is 12.2 Å². The van der Waals surface area contributed by atoms with Crippen molar-refractivity contribution in [1.82, 2.24) is 0 Å². The van der Waals surface area contributed by atoms with Gasteiger partial charge >= 0.3 is 0 Å². The average molecular weight is 182 g/mol. The van der Waals surface area contributed by atoms with Gasteiger partial charge in [0, 0.05) is 0 Å². The molecule has 3 heteroatoms. The fraction of sp³-hybridized carbons (Fsp3) is 0.400. The van der Waals surface area contributed by atoms with Crippen LogP contribution in [0.3, 0.4) is 0 Å². The summed E-state index contributed by atoms with van der Waals surface area (Å²) >= 11 is 0.